The molecule has 86 valence electrons. The first kappa shape index (κ1) is 11.0. The van der Waals surface area contributed by atoms with Crippen LogP contribution >= 0.6 is 0 Å². The molecule has 16 heavy (non-hydrogen) atoms. The normalized spacial score (nSPS) is 19.1. The maximum Gasteiger partial charge on any atom is 0.342 e. The van der Waals surface area contributed by atoms with Crippen molar-refractivity contribution >= 4 is 5.97 Å². The molecule has 0 aliphatic carbocycles. The number of rotatable bonds is 3. The Labute approximate surface area is 93.5 Å². The molecule has 1 aromatic rings. The van der Waals surface area contributed by atoms with Crippen molar-refractivity contribution in [1.29, 1.82) is 0 Å². The van der Waals surface area contributed by atoms with E-state index in [0.29, 0.717) is 19.3 Å². The summed E-state index contributed by atoms with van der Waals surface area (Å²) in [5.74, 6) is -0.495. The number of aromatic hydroxyl groups is 1. The number of benzene rings is 1. The monoisotopic (exact) mass is 222 g/mol. The average Bonchev–Trinajstić information content (AvgIpc) is 2.26. The average molecular weight is 222 g/mol. The topological polar surface area (TPSA) is 66.8 Å². The number of hydrogen-bond acceptors (Lipinski definition) is 4. The predicted molar refractivity (Wildman–Crippen MR) is 57.3 cm³/mol. The largest absolute Gasteiger partial charge is 0.507 e. The Kier molecular flexibility index (Phi) is 3.10. The zero-order valence-electron chi connectivity index (χ0n) is 8.85. The molecule has 0 radical (unpaired) electrons. The van der Waals surface area contributed by atoms with E-state index >= 15 is 0 Å². The highest BCUT2D eigenvalue weighted by Gasteiger charge is 2.28. The van der Waals surface area contributed by atoms with Gasteiger partial charge in [-0.25, -0.2) is 4.79 Å². The molecule has 4 nitrogen and oxygen atoms in total. The van der Waals surface area contributed by atoms with Gasteiger partial charge in [-0.05, 0) is 24.5 Å². The summed E-state index contributed by atoms with van der Waals surface area (Å²) < 4.78 is 5.19. The number of fused-ring (bicyclic) bond motifs is 1. The lowest BCUT2D eigenvalue weighted by molar-refractivity contribution is 0.0218. The lowest BCUT2D eigenvalue weighted by Gasteiger charge is -2.24. The number of carbonyl (C=O) groups is 1. The standard InChI is InChI=1S/C12H14O4/c13-6-2-4-9-7-8-3-1-5-10(14)11(8)12(15)16-9/h1,3,5,9,13-14H,2,4,6-7H2. The van der Waals surface area contributed by atoms with Gasteiger partial charge in [-0.1, -0.05) is 12.1 Å². The van der Waals surface area contributed by atoms with Gasteiger partial charge in [-0.15, -0.1) is 0 Å². The third-order valence-electron chi connectivity index (χ3n) is 2.74. The first-order valence-electron chi connectivity index (χ1n) is 5.35. The van der Waals surface area contributed by atoms with Gasteiger partial charge in [-0.3, -0.25) is 0 Å². The van der Waals surface area contributed by atoms with Gasteiger partial charge in [0.05, 0.1) is 0 Å². The SMILES string of the molecule is O=C1OC(CCCO)Cc2cccc(O)c21. The summed E-state index contributed by atoms with van der Waals surface area (Å²) in [6, 6.07) is 5.02. The Morgan fingerprint density at radius 2 is 2.25 bits per heavy atom. The fourth-order valence-electron chi connectivity index (χ4n) is 1.97. The lowest BCUT2D eigenvalue weighted by atomic mass is 9.96. The van der Waals surface area contributed by atoms with Crippen molar-refractivity contribution in [2.24, 2.45) is 0 Å². The van der Waals surface area contributed by atoms with E-state index in [-0.39, 0.29) is 24.0 Å². The van der Waals surface area contributed by atoms with Crippen LogP contribution in [0.2, 0.25) is 0 Å². The van der Waals surface area contributed by atoms with Crippen LogP contribution in [0.5, 0.6) is 5.75 Å². The van der Waals surface area contributed by atoms with Crippen LogP contribution in [0.4, 0.5) is 0 Å². The van der Waals surface area contributed by atoms with E-state index < -0.39 is 5.97 Å². The first-order chi connectivity index (χ1) is 7.72. The molecule has 2 rings (SSSR count). The summed E-state index contributed by atoms with van der Waals surface area (Å²) in [6.07, 6.45) is 1.69. The summed E-state index contributed by atoms with van der Waals surface area (Å²) >= 11 is 0. The van der Waals surface area contributed by atoms with Crippen LogP contribution in [0.15, 0.2) is 18.2 Å². The third kappa shape index (κ3) is 2.02. The van der Waals surface area contributed by atoms with Crippen LogP contribution in [-0.4, -0.2) is 28.9 Å². The first-order valence-corrected chi connectivity index (χ1v) is 5.35. The molecule has 0 amide bonds. The number of hydrogen-bond donors (Lipinski definition) is 2. The molecule has 0 bridgehead atoms. The number of aliphatic hydroxyl groups excluding tert-OH is 1. The summed E-state index contributed by atoms with van der Waals surface area (Å²) in [6.45, 7) is 0.0982. The molecule has 0 aromatic heterocycles. The van der Waals surface area contributed by atoms with Crippen LogP contribution < -0.4 is 0 Å². The van der Waals surface area contributed by atoms with Crippen molar-refractivity contribution in [3.63, 3.8) is 0 Å². The predicted octanol–water partition coefficient (Wildman–Crippen LogP) is 1.25. The smallest absolute Gasteiger partial charge is 0.342 e. The minimum absolute atomic E-state index is 0.0249. The number of phenols is 1. The van der Waals surface area contributed by atoms with E-state index in [1.54, 1.807) is 6.07 Å². The van der Waals surface area contributed by atoms with E-state index in [9.17, 15) is 9.90 Å². The van der Waals surface area contributed by atoms with Gasteiger partial charge in [-0.2, -0.15) is 0 Å². The Balaban J connectivity index is 2.20. The number of phenolic OH excluding ortho intramolecular Hbond substituents is 1. The number of cyclic esters (lactones) is 1. The molecule has 4 heteroatoms. The Bertz CT molecular complexity index is 400. The molecular formula is C12H14O4. The fraction of sp³-hybridized carbons (Fsp3) is 0.417. The number of carbonyl (C=O) groups excluding carboxylic acids is 1. The summed E-state index contributed by atoms with van der Waals surface area (Å²) in [7, 11) is 0. The molecule has 2 N–H and O–H groups in total. The Morgan fingerprint density at radius 1 is 1.44 bits per heavy atom. The summed E-state index contributed by atoms with van der Waals surface area (Å²) in [5, 5.41) is 18.3. The van der Waals surface area contributed by atoms with E-state index in [2.05, 4.69) is 0 Å². The van der Waals surface area contributed by atoms with Crippen LogP contribution in [0.1, 0.15) is 28.8 Å². The molecule has 1 heterocycles. The molecular weight excluding hydrogens is 208 g/mol. The van der Waals surface area contributed by atoms with Crippen LogP contribution in [0, 0.1) is 0 Å². The second kappa shape index (κ2) is 4.53. The van der Waals surface area contributed by atoms with Crippen LogP contribution in [0.3, 0.4) is 0 Å². The Hall–Kier alpha value is -1.55. The molecule has 0 saturated carbocycles. The minimum atomic E-state index is -0.470. The van der Waals surface area contributed by atoms with Crippen molar-refractivity contribution in [3.05, 3.63) is 29.3 Å². The van der Waals surface area contributed by atoms with Gasteiger partial charge in [0.25, 0.3) is 0 Å². The fourth-order valence-corrected chi connectivity index (χ4v) is 1.97. The minimum Gasteiger partial charge on any atom is -0.507 e. The second-order valence-electron chi connectivity index (χ2n) is 3.91. The molecule has 1 aliphatic heterocycles. The molecule has 1 atom stereocenters. The van der Waals surface area contributed by atoms with Crippen molar-refractivity contribution in [2.45, 2.75) is 25.4 Å². The van der Waals surface area contributed by atoms with Gasteiger partial charge < -0.3 is 14.9 Å². The quantitative estimate of drug-likeness (QED) is 0.755. The van der Waals surface area contributed by atoms with Crippen molar-refractivity contribution < 1.29 is 19.7 Å². The highest BCUT2D eigenvalue weighted by molar-refractivity contribution is 5.95. The van der Waals surface area contributed by atoms with Crippen molar-refractivity contribution in [1.82, 2.24) is 0 Å². The van der Waals surface area contributed by atoms with Gasteiger partial charge in [0, 0.05) is 13.0 Å². The van der Waals surface area contributed by atoms with Crippen molar-refractivity contribution in [3.8, 4) is 5.75 Å². The van der Waals surface area contributed by atoms with Crippen LogP contribution in [0.25, 0.3) is 0 Å². The zero-order chi connectivity index (χ0) is 11.5. The molecule has 0 saturated heterocycles. The van der Waals surface area contributed by atoms with Crippen molar-refractivity contribution in [2.75, 3.05) is 6.61 Å². The van der Waals surface area contributed by atoms with Crippen LogP contribution in [-0.2, 0) is 11.2 Å². The molecule has 0 fully saturated rings. The molecule has 1 aliphatic rings. The van der Waals surface area contributed by atoms with E-state index in [1.807, 2.05) is 6.07 Å². The second-order valence-corrected chi connectivity index (χ2v) is 3.91. The van der Waals surface area contributed by atoms with E-state index in [1.165, 1.54) is 6.07 Å². The number of aliphatic hydroxyl groups is 1. The third-order valence-corrected chi connectivity index (χ3v) is 2.74. The molecule has 1 aromatic carbocycles. The lowest BCUT2D eigenvalue weighted by Crippen LogP contribution is -2.27. The maximum absolute atomic E-state index is 11.6. The highest BCUT2D eigenvalue weighted by atomic mass is 16.5. The summed E-state index contributed by atoms with van der Waals surface area (Å²) in [4.78, 5) is 11.6. The summed E-state index contributed by atoms with van der Waals surface area (Å²) in [5.41, 5.74) is 1.10. The van der Waals surface area contributed by atoms with E-state index in [4.69, 9.17) is 9.84 Å². The maximum atomic E-state index is 11.6. The van der Waals surface area contributed by atoms with Gasteiger partial charge in [0.1, 0.15) is 17.4 Å². The zero-order valence-corrected chi connectivity index (χ0v) is 8.85. The van der Waals surface area contributed by atoms with E-state index in [0.717, 1.165) is 5.56 Å². The van der Waals surface area contributed by atoms with Gasteiger partial charge >= 0.3 is 5.97 Å². The highest BCUT2D eigenvalue weighted by Crippen LogP contribution is 2.29. The molecule has 1 unspecified atom stereocenters. The number of ether oxygens (including phenoxy) is 1. The number of esters is 1. The molecule has 0 spiro atoms. The van der Waals surface area contributed by atoms with Gasteiger partial charge in [0.15, 0.2) is 0 Å². The Morgan fingerprint density at radius 3 is 3.00 bits per heavy atom. The van der Waals surface area contributed by atoms with Gasteiger partial charge in [0.2, 0.25) is 0 Å².